The van der Waals surface area contributed by atoms with E-state index < -0.39 is 0 Å². The Kier molecular flexibility index (Phi) is 4.52. The second kappa shape index (κ2) is 6.35. The van der Waals surface area contributed by atoms with Gasteiger partial charge in [-0.25, -0.2) is 9.97 Å². The van der Waals surface area contributed by atoms with E-state index in [2.05, 4.69) is 15.3 Å². The van der Waals surface area contributed by atoms with Crippen LogP contribution in [-0.4, -0.2) is 30.0 Å². The van der Waals surface area contributed by atoms with Gasteiger partial charge in [-0.15, -0.1) is 0 Å². The highest BCUT2D eigenvalue weighted by molar-refractivity contribution is 5.94. The van der Waals surface area contributed by atoms with E-state index >= 15 is 0 Å². The number of rotatable bonds is 4. The van der Waals surface area contributed by atoms with E-state index in [4.69, 9.17) is 0 Å². The largest absolute Gasteiger partial charge is 0.347 e. The Morgan fingerprint density at radius 3 is 2.62 bits per heavy atom. The lowest BCUT2D eigenvalue weighted by atomic mass is 10.1. The zero-order valence-corrected chi connectivity index (χ0v) is 12.8. The van der Waals surface area contributed by atoms with Crippen molar-refractivity contribution in [1.82, 2.24) is 15.3 Å². The highest BCUT2D eigenvalue weighted by Gasteiger charge is 2.07. The SMILES string of the molecule is Cc1ccc(C(=O)NCc2ccnc(N(C)C)n2)cc1C. The second-order valence-corrected chi connectivity index (χ2v) is 5.22. The standard InChI is InChI=1S/C16H20N4O/c1-11-5-6-13(9-12(11)2)15(21)18-10-14-7-8-17-16(19-14)20(3)4/h5-9H,10H2,1-4H3,(H,18,21). The van der Waals surface area contributed by atoms with Gasteiger partial charge < -0.3 is 10.2 Å². The van der Waals surface area contributed by atoms with Crippen molar-refractivity contribution < 1.29 is 4.79 Å². The van der Waals surface area contributed by atoms with Gasteiger partial charge in [-0.3, -0.25) is 4.79 Å². The van der Waals surface area contributed by atoms with Crippen LogP contribution in [0.15, 0.2) is 30.5 Å². The van der Waals surface area contributed by atoms with Crippen molar-refractivity contribution in [2.45, 2.75) is 20.4 Å². The minimum atomic E-state index is -0.0943. The van der Waals surface area contributed by atoms with Gasteiger partial charge >= 0.3 is 0 Å². The molecule has 1 heterocycles. The van der Waals surface area contributed by atoms with Gasteiger partial charge in [0.1, 0.15) is 0 Å². The molecule has 5 heteroatoms. The molecule has 2 aromatic rings. The summed E-state index contributed by atoms with van der Waals surface area (Å²) in [4.78, 5) is 22.5. The first kappa shape index (κ1) is 15.0. The fraction of sp³-hybridized carbons (Fsp3) is 0.312. The third-order valence-electron chi connectivity index (χ3n) is 3.30. The lowest BCUT2D eigenvalue weighted by Crippen LogP contribution is -2.24. The number of aryl methyl sites for hydroxylation is 2. The molecule has 0 unspecified atom stereocenters. The van der Waals surface area contributed by atoms with Crippen LogP contribution in [0.2, 0.25) is 0 Å². The van der Waals surface area contributed by atoms with Crippen LogP contribution in [0.1, 0.15) is 27.2 Å². The Labute approximate surface area is 125 Å². The summed E-state index contributed by atoms with van der Waals surface area (Å²) in [6.07, 6.45) is 1.69. The minimum absolute atomic E-state index is 0.0943. The van der Waals surface area contributed by atoms with Gasteiger partial charge in [0.2, 0.25) is 5.95 Å². The number of carbonyl (C=O) groups is 1. The quantitative estimate of drug-likeness (QED) is 0.934. The number of hydrogen-bond donors (Lipinski definition) is 1. The number of nitrogens with zero attached hydrogens (tertiary/aromatic N) is 3. The number of nitrogens with one attached hydrogen (secondary N) is 1. The van der Waals surface area contributed by atoms with Crippen LogP contribution >= 0.6 is 0 Å². The maximum absolute atomic E-state index is 12.1. The minimum Gasteiger partial charge on any atom is -0.347 e. The normalized spacial score (nSPS) is 10.3. The molecule has 0 aliphatic carbocycles. The van der Waals surface area contributed by atoms with E-state index in [0.717, 1.165) is 11.3 Å². The molecule has 1 aromatic heterocycles. The lowest BCUT2D eigenvalue weighted by molar-refractivity contribution is 0.0950. The van der Waals surface area contributed by atoms with Crippen LogP contribution in [-0.2, 0) is 6.54 Å². The molecule has 5 nitrogen and oxygen atoms in total. The van der Waals surface area contributed by atoms with Gasteiger partial charge in [0.15, 0.2) is 0 Å². The third-order valence-corrected chi connectivity index (χ3v) is 3.30. The van der Waals surface area contributed by atoms with Gasteiger partial charge in [0, 0.05) is 25.9 Å². The topological polar surface area (TPSA) is 58.1 Å². The highest BCUT2D eigenvalue weighted by Crippen LogP contribution is 2.10. The van der Waals surface area contributed by atoms with Crippen LogP contribution in [0, 0.1) is 13.8 Å². The summed E-state index contributed by atoms with van der Waals surface area (Å²) < 4.78 is 0. The molecule has 0 saturated carbocycles. The number of carbonyl (C=O) groups excluding carboxylic acids is 1. The van der Waals surface area contributed by atoms with Crippen molar-refractivity contribution in [3.05, 3.63) is 52.8 Å². The fourth-order valence-electron chi connectivity index (χ4n) is 1.85. The van der Waals surface area contributed by atoms with Crippen molar-refractivity contribution in [2.75, 3.05) is 19.0 Å². The predicted octanol–water partition coefficient (Wildman–Crippen LogP) is 2.09. The molecule has 0 aliphatic rings. The maximum Gasteiger partial charge on any atom is 0.251 e. The number of amides is 1. The van der Waals surface area contributed by atoms with Crippen molar-refractivity contribution in [1.29, 1.82) is 0 Å². The predicted molar refractivity (Wildman–Crippen MR) is 83.4 cm³/mol. The Balaban J connectivity index is 2.03. The molecule has 2 rings (SSSR count). The first-order chi connectivity index (χ1) is 9.97. The zero-order chi connectivity index (χ0) is 15.4. The van der Waals surface area contributed by atoms with Crippen molar-refractivity contribution in [2.24, 2.45) is 0 Å². The number of anilines is 1. The van der Waals surface area contributed by atoms with Gasteiger partial charge in [-0.1, -0.05) is 6.07 Å². The summed E-state index contributed by atoms with van der Waals surface area (Å²) in [6, 6.07) is 7.49. The van der Waals surface area contributed by atoms with Gasteiger partial charge in [-0.2, -0.15) is 0 Å². The molecule has 21 heavy (non-hydrogen) atoms. The van der Waals surface area contributed by atoms with E-state index in [1.54, 1.807) is 12.3 Å². The van der Waals surface area contributed by atoms with E-state index in [1.165, 1.54) is 5.56 Å². The van der Waals surface area contributed by atoms with E-state index in [1.807, 2.05) is 51.0 Å². The van der Waals surface area contributed by atoms with Crippen molar-refractivity contribution in [3.63, 3.8) is 0 Å². The van der Waals surface area contributed by atoms with Crippen molar-refractivity contribution >= 4 is 11.9 Å². The number of aromatic nitrogens is 2. The van der Waals surface area contributed by atoms with Crippen LogP contribution < -0.4 is 10.2 Å². The molecule has 0 fully saturated rings. The van der Waals surface area contributed by atoms with E-state index in [-0.39, 0.29) is 5.91 Å². The molecule has 0 bridgehead atoms. The van der Waals surface area contributed by atoms with Crippen molar-refractivity contribution in [3.8, 4) is 0 Å². The van der Waals surface area contributed by atoms with E-state index in [9.17, 15) is 4.79 Å². The monoisotopic (exact) mass is 284 g/mol. The van der Waals surface area contributed by atoms with Gasteiger partial charge in [0.05, 0.1) is 12.2 Å². The summed E-state index contributed by atoms with van der Waals surface area (Å²) in [6.45, 7) is 4.41. The van der Waals surface area contributed by atoms with Crippen LogP contribution in [0.4, 0.5) is 5.95 Å². The second-order valence-electron chi connectivity index (χ2n) is 5.22. The zero-order valence-electron chi connectivity index (χ0n) is 12.8. The molecule has 1 amide bonds. The molecule has 110 valence electrons. The van der Waals surface area contributed by atoms with Crippen LogP contribution in [0.3, 0.4) is 0 Å². The van der Waals surface area contributed by atoms with Gasteiger partial charge in [-0.05, 0) is 43.2 Å². The average Bonchev–Trinajstić information content (AvgIpc) is 2.48. The molecule has 0 atom stereocenters. The van der Waals surface area contributed by atoms with Gasteiger partial charge in [0.25, 0.3) is 5.91 Å². The summed E-state index contributed by atoms with van der Waals surface area (Å²) in [5.74, 6) is 0.538. The fourth-order valence-corrected chi connectivity index (χ4v) is 1.85. The Morgan fingerprint density at radius 2 is 1.95 bits per heavy atom. The lowest BCUT2D eigenvalue weighted by Gasteiger charge is -2.11. The summed E-state index contributed by atoms with van der Waals surface area (Å²) in [5.41, 5.74) is 3.74. The first-order valence-electron chi connectivity index (χ1n) is 6.82. The average molecular weight is 284 g/mol. The third kappa shape index (κ3) is 3.78. The molecule has 0 aliphatic heterocycles. The Hall–Kier alpha value is -2.43. The number of benzene rings is 1. The number of hydrogen-bond acceptors (Lipinski definition) is 4. The summed E-state index contributed by atoms with van der Waals surface area (Å²) in [5, 5.41) is 2.88. The molecular weight excluding hydrogens is 264 g/mol. The molecule has 0 spiro atoms. The maximum atomic E-state index is 12.1. The van der Waals surface area contributed by atoms with E-state index in [0.29, 0.717) is 18.1 Å². The molecule has 1 aromatic carbocycles. The molecular formula is C16H20N4O. The Morgan fingerprint density at radius 1 is 1.19 bits per heavy atom. The van der Waals surface area contributed by atoms with Crippen LogP contribution in [0.5, 0.6) is 0 Å². The highest BCUT2D eigenvalue weighted by atomic mass is 16.1. The summed E-state index contributed by atoms with van der Waals surface area (Å²) in [7, 11) is 3.76. The smallest absolute Gasteiger partial charge is 0.251 e. The molecule has 0 saturated heterocycles. The first-order valence-corrected chi connectivity index (χ1v) is 6.82. The Bertz CT molecular complexity index is 652. The molecule has 0 radical (unpaired) electrons. The molecule has 1 N–H and O–H groups in total. The summed E-state index contributed by atoms with van der Waals surface area (Å²) >= 11 is 0. The van der Waals surface area contributed by atoms with Crippen LogP contribution in [0.25, 0.3) is 0 Å².